The standard InChI is InChI=1S/C30H38N8O3/c1-36(18-19-39)25-13-16-37(17-14-25)26-9-7-23(8-10-26)32-28-20-31-35-30(34-28)38-15-3-4-24(21-38)33-29(40)22-5-11-27(41-2)12-6-22/h5-12,19-20,24-25H,3-4,13-18,21H2,1-2H3,(H,33,40)(H,32,34,35)/t24-/m1/s1. The summed E-state index contributed by atoms with van der Waals surface area (Å²) in [7, 11) is 3.63. The Bertz CT molecular complexity index is 1300. The number of amides is 1. The molecule has 11 heteroatoms. The Morgan fingerprint density at radius 2 is 1.80 bits per heavy atom. The van der Waals surface area contributed by atoms with Crippen LogP contribution in [-0.2, 0) is 4.79 Å². The summed E-state index contributed by atoms with van der Waals surface area (Å²) in [5.41, 5.74) is 2.71. The van der Waals surface area contributed by atoms with Crippen LogP contribution in [0.4, 0.5) is 23.1 Å². The third kappa shape index (κ3) is 7.29. The number of nitrogens with zero attached hydrogens (tertiary/aromatic N) is 6. The number of anilines is 4. The summed E-state index contributed by atoms with van der Waals surface area (Å²) in [6.07, 6.45) is 6.49. The monoisotopic (exact) mass is 558 g/mol. The summed E-state index contributed by atoms with van der Waals surface area (Å²) in [5.74, 6) is 1.77. The maximum absolute atomic E-state index is 12.8. The fourth-order valence-corrected chi connectivity index (χ4v) is 5.51. The normalized spacial score (nSPS) is 17.8. The zero-order valence-corrected chi connectivity index (χ0v) is 23.7. The Kier molecular flexibility index (Phi) is 9.25. The van der Waals surface area contributed by atoms with Gasteiger partial charge in [0.1, 0.15) is 12.0 Å². The Balaban J connectivity index is 1.15. The molecule has 2 aliphatic heterocycles. The summed E-state index contributed by atoms with van der Waals surface area (Å²) in [6, 6.07) is 15.9. The van der Waals surface area contributed by atoms with Crippen LogP contribution in [0.25, 0.3) is 0 Å². The van der Waals surface area contributed by atoms with Gasteiger partial charge in [-0.2, -0.15) is 10.1 Å². The molecule has 2 aliphatic rings. The molecule has 0 saturated carbocycles. The second kappa shape index (κ2) is 13.4. The number of methoxy groups -OCH3 is 1. The van der Waals surface area contributed by atoms with Gasteiger partial charge in [0, 0.05) is 55.2 Å². The number of rotatable bonds is 10. The predicted molar refractivity (Wildman–Crippen MR) is 159 cm³/mol. The fraction of sp³-hybridized carbons (Fsp3) is 0.433. The Hall–Kier alpha value is -4.25. The van der Waals surface area contributed by atoms with E-state index in [-0.39, 0.29) is 11.9 Å². The maximum atomic E-state index is 12.8. The molecule has 1 aromatic heterocycles. The van der Waals surface area contributed by atoms with Gasteiger partial charge in [-0.15, -0.1) is 5.10 Å². The van der Waals surface area contributed by atoms with Gasteiger partial charge in [-0.25, -0.2) is 0 Å². The molecule has 3 aromatic rings. The van der Waals surface area contributed by atoms with E-state index < -0.39 is 0 Å². The number of aromatic nitrogens is 3. The minimum absolute atomic E-state index is 0.0124. The number of hydrogen-bond acceptors (Lipinski definition) is 10. The van der Waals surface area contributed by atoms with E-state index in [1.165, 1.54) is 5.69 Å². The van der Waals surface area contributed by atoms with E-state index in [4.69, 9.17) is 9.72 Å². The van der Waals surface area contributed by atoms with E-state index in [1.807, 2.05) is 19.2 Å². The predicted octanol–water partition coefficient (Wildman–Crippen LogP) is 3.12. The van der Waals surface area contributed by atoms with Gasteiger partial charge < -0.3 is 30.0 Å². The second-order valence-electron chi connectivity index (χ2n) is 10.6. The largest absolute Gasteiger partial charge is 0.497 e. The summed E-state index contributed by atoms with van der Waals surface area (Å²) in [5, 5.41) is 14.9. The number of carbonyl (C=O) groups excluding carboxylic acids is 2. The van der Waals surface area contributed by atoms with Gasteiger partial charge >= 0.3 is 0 Å². The van der Waals surface area contributed by atoms with Crippen LogP contribution in [0.1, 0.15) is 36.0 Å². The van der Waals surface area contributed by atoms with Crippen molar-refractivity contribution in [2.24, 2.45) is 0 Å². The minimum Gasteiger partial charge on any atom is -0.497 e. The molecule has 0 radical (unpaired) electrons. The number of nitrogens with one attached hydrogen (secondary N) is 2. The van der Waals surface area contributed by atoms with Crippen molar-refractivity contribution in [2.75, 3.05) is 62.0 Å². The molecule has 0 bridgehead atoms. The van der Waals surface area contributed by atoms with Crippen molar-refractivity contribution in [1.82, 2.24) is 25.4 Å². The summed E-state index contributed by atoms with van der Waals surface area (Å²) in [4.78, 5) is 34.9. The van der Waals surface area contributed by atoms with Gasteiger partial charge in [-0.05, 0) is 81.3 Å². The average molecular weight is 559 g/mol. The highest BCUT2D eigenvalue weighted by molar-refractivity contribution is 5.94. The van der Waals surface area contributed by atoms with Gasteiger partial charge in [0.25, 0.3) is 5.91 Å². The lowest BCUT2D eigenvalue weighted by atomic mass is 10.0. The molecule has 0 aliphatic carbocycles. The summed E-state index contributed by atoms with van der Waals surface area (Å²) in [6.45, 7) is 3.85. The Morgan fingerprint density at radius 1 is 1.05 bits per heavy atom. The number of hydrogen-bond donors (Lipinski definition) is 2. The number of likely N-dealkylation sites (N-methyl/N-ethyl adjacent to an activating group) is 1. The second-order valence-corrected chi connectivity index (χ2v) is 10.6. The molecule has 2 aromatic carbocycles. The van der Waals surface area contributed by atoms with Crippen molar-refractivity contribution < 1.29 is 14.3 Å². The first kappa shape index (κ1) is 28.3. The molecule has 2 N–H and O–H groups in total. The quantitative estimate of drug-likeness (QED) is 0.360. The van der Waals surface area contributed by atoms with Crippen LogP contribution in [0.3, 0.4) is 0 Å². The van der Waals surface area contributed by atoms with Crippen LogP contribution in [0.2, 0.25) is 0 Å². The van der Waals surface area contributed by atoms with Crippen molar-refractivity contribution >= 4 is 35.3 Å². The Morgan fingerprint density at radius 3 is 2.51 bits per heavy atom. The molecule has 41 heavy (non-hydrogen) atoms. The topological polar surface area (TPSA) is 116 Å². The molecule has 216 valence electrons. The summed E-state index contributed by atoms with van der Waals surface area (Å²) >= 11 is 0. The molecule has 1 amide bonds. The zero-order chi connectivity index (χ0) is 28.6. The van der Waals surface area contributed by atoms with E-state index in [0.717, 1.165) is 63.0 Å². The van der Waals surface area contributed by atoms with Crippen molar-refractivity contribution in [3.63, 3.8) is 0 Å². The van der Waals surface area contributed by atoms with Crippen molar-refractivity contribution in [2.45, 2.75) is 37.8 Å². The van der Waals surface area contributed by atoms with Gasteiger partial charge in [-0.3, -0.25) is 9.69 Å². The first-order valence-corrected chi connectivity index (χ1v) is 14.2. The van der Waals surface area contributed by atoms with E-state index in [2.05, 4.69) is 47.7 Å². The molecule has 3 heterocycles. The van der Waals surface area contributed by atoms with E-state index in [1.54, 1.807) is 37.6 Å². The lowest BCUT2D eigenvalue weighted by Crippen LogP contribution is -2.48. The van der Waals surface area contributed by atoms with Gasteiger partial charge in [0.15, 0.2) is 5.82 Å². The van der Waals surface area contributed by atoms with E-state index >= 15 is 0 Å². The third-order valence-electron chi connectivity index (χ3n) is 7.89. The van der Waals surface area contributed by atoms with Gasteiger partial charge in [0.2, 0.25) is 5.95 Å². The molecule has 1 atom stereocenters. The van der Waals surface area contributed by atoms with Crippen LogP contribution in [0.15, 0.2) is 54.7 Å². The van der Waals surface area contributed by atoms with Crippen LogP contribution >= 0.6 is 0 Å². The first-order chi connectivity index (χ1) is 20.0. The summed E-state index contributed by atoms with van der Waals surface area (Å²) < 4.78 is 5.18. The van der Waals surface area contributed by atoms with Crippen molar-refractivity contribution in [1.29, 1.82) is 0 Å². The SMILES string of the molecule is COc1ccc(C(=O)N[C@@H]2CCCN(c3nncc(Nc4ccc(N5CCC(N(C)CC=O)CC5)cc4)n3)C2)cc1. The molecule has 11 nitrogen and oxygen atoms in total. The zero-order valence-electron chi connectivity index (χ0n) is 23.7. The Labute approximate surface area is 240 Å². The molecular weight excluding hydrogens is 520 g/mol. The van der Waals surface area contributed by atoms with Crippen molar-refractivity contribution in [3.05, 3.63) is 60.3 Å². The van der Waals surface area contributed by atoms with Gasteiger partial charge in [-0.1, -0.05) is 0 Å². The maximum Gasteiger partial charge on any atom is 0.251 e. The van der Waals surface area contributed by atoms with E-state index in [0.29, 0.717) is 36.5 Å². The first-order valence-electron chi connectivity index (χ1n) is 14.2. The molecule has 0 unspecified atom stereocenters. The number of ether oxygens (including phenoxy) is 1. The highest BCUT2D eigenvalue weighted by Crippen LogP contribution is 2.25. The number of piperidine rings is 2. The van der Waals surface area contributed by atoms with Crippen LogP contribution in [0.5, 0.6) is 5.75 Å². The van der Waals surface area contributed by atoms with Crippen LogP contribution in [0, 0.1) is 0 Å². The highest BCUT2D eigenvalue weighted by atomic mass is 16.5. The number of benzene rings is 2. The highest BCUT2D eigenvalue weighted by Gasteiger charge is 2.25. The molecule has 5 rings (SSSR count). The average Bonchev–Trinajstić information content (AvgIpc) is 3.02. The minimum atomic E-state index is -0.105. The number of carbonyl (C=O) groups is 2. The number of aldehydes is 1. The van der Waals surface area contributed by atoms with Crippen LogP contribution in [-0.4, -0.2) is 91.2 Å². The lowest BCUT2D eigenvalue weighted by molar-refractivity contribution is -0.109. The lowest BCUT2D eigenvalue weighted by Gasteiger charge is -2.37. The molecule has 2 saturated heterocycles. The van der Waals surface area contributed by atoms with Gasteiger partial charge in [0.05, 0.1) is 19.9 Å². The smallest absolute Gasteiger partial charge is 0.251 e. The third-order valence-corrected chi connectivity index (χ3v) is 7.89. The van der Waals surface area contributed by atoms with Crippen molar-refractivity contribution in [3.8, 4) is 5.75 Å². The molecular formula is C30H38N8O3. The van der Waals surface area contributed by atoms with E-state index in [9.17, 15) is 9.59 Å². The molecule has 0 spiro atoms. The fourth-order valence-electron chi connectivity index (χ4n) is 5.51. The van der Waals surface area contributed by atoms with Crippen LogP contribution < -0.4 is 25.2 Å². The molecule has 2 fully saturated rings.